The van der Waals surface area contributed by atoms with Gasteiger partial charge in [0.2, 0.25) is 0 Å². The highest BCUT2D eigenvalue weighted by Crippen LogP contribution is 2.20. The van der Waals surface area contributed by atoms with E-state index in [0.29, 0.717) is 24.1 Å². The number of esters is 1. The highest BCUT2D eigenvalue weighted by atomic mass is 35.5. The van der Waals surface area contributed by atoms with Gasteiger partial charge in [-0.1, -0.05) is 48.5 Å². The second-order valence-electron chi connectivity index (χ2n) is 5.69. The van der Waals surface area contributed by atoms with E-state index in [4.69, 9.17) is 16.3 Å². The van der Waals surface area contributed by atoms with Crippen molar-refractivity contribution in [2.24, 2.45) is 0 Å². The van der Waals surface area contributed by atoms with Crippen LogP contribution in [0.15, 0.2) is 60.7 Å². The van der Waals surface area contributed by atoms with Crippen molar-refractivity contribution < 1.29 is 19.1 Å². The van der Waals surface area contributed by atoms with Crippen LogP contribution in [0.3, 0.4) is 0 Å². The molecule has 1 aliphatic rings. The van der Waals surface area contributed by atoms with Crippen LogP contribution in [0.4, 0.5) is 0 Å². The summed E-state index contributed by atoms with van der Waals surface area (Å²) >= 11 is 5.16. The first kappa shape index (κ1) is 19.7. The molecule has 3 rings (SSSR count). The average molecular weight is 374 g/mol. The van der Waals surface area contributed by atoms with Gasteiger partial charge in [-0.25, -0.2) is 4.79 Å². The molecule has 1 amide bonds. The summed E-state index contributed by atoms with van der Waals surface area (Å²) in [5.41, 5.74) is 1.16. The number of carbonyl (C=O) groups excluding carboxylic acids is 3. The van der Waals surface area contributed by atoms with Crippen molar-refractivity contribution in [1.29, 1.82) is 0 Å². The molecule has 1 atom stereocenters. The maximum Gasteiger partial charge on any atom is 0.328 e. The quantitative estimate of drug-likeness (QED) is 0.610. The highest BCUT2D eigenvalue weighted by Gasteiger charge is 2.35. The zero-order valence-corrected chi connectivity index (χ0v) is 15.2. The predicted octanol–water partition coefficient (Wildman–Crippen LogP) is 3.53. The van der Waals surface area contributed by atoms with Crippen LogP contribution in [0.25, 0.3) is 0 Å². The van der Waals surface area contributed by atoms with Crippen molar-refractivity contribution in [3.05, 3.63) is 71.8 Å². The lowest BCUT2D eigenvalue weighted by Gasteiger charge is -2.22. The summed E-state index contributed by atoms with van der Waals surface area (Å²) in [6, 6.07) is 17.3. The van der Waals surface area contributed by atoms with E-state index < -0.39 is 11.3 Å². The lowest BCUT2D eigenvalue weighted by molar-refractivity contribution is -0.145. The van der Waals surface area contributed by atoms with Gasteiger partial charge < -0.3 is 9.64 Å². The third kappa shape index (κ3) is 5.17. The molecule has 1 saturated heterocycles. The standard InChI is InChI=1S/C13H15NO3.C7H5ClO/c1-17-13(16)11-8-5-9-14(11)12(15)10-6-3-2-4-7-10;8-7(9)6-4-2-1-3-5-6/h2-4,6-7,11H,5,8-9H2,1H3;1-5H. The fourth-order valence-electron chi connectivity index (χ4n) is 2.71. The molecule has 5 nitrogen and oxygen atoms in total. The Morgan fingerprint density at radius 2 is 1.50 bits per heavy atom. The number of hydrogen-bond donors (Lipinski definition) is 0. The number of rotatable bonds is 3. The lowest BCUT2D eigenvalue weighted by atomic mass is 10.1. The molecule has 1 unspecified atom stereocenters. The van der Waals surface area contributed by atoms with Crippen LogP contribution in [0.2, 0.25) is 0 Å². The van der Waals surface area contributed by atoms with Gasteiger partial charge >= 0.3 is 5.97 Å². The summed E-state index contributed by atoms with van der Waals surface area (Å²) in [4.78, 5) is 35.7. The van der Waals surface area contributed by atoms with Gasteiger partial charge in [0.05, 0.1) is 7.11 Å². The molecular weight excluding hydrogens is 354 g/mol. The smallest absolute Gasteiger partial charge is 0.328 e. The fraction of sp³-hybridized carbons (Fsp3) is 0.250. The molecule has 2 aromatic carbocycles. The van der Waals surface area contributed by atoms with Gasteiger partial charge in [0.1, 0.15) is 6.04 Å². The zero-order chi connectivity index (χ0) is 18.9. The molecule has 0 aromatic heterocycles. The molecule has 0 aliphatic carbocycles. The van der Waals surface area contributed by atoms with Gasteiger partial charge in [-0.3, -0.25) is 9.59 Å². The van der Waals surface area contributed by atoms with E-state index >= 15 is 0 Å². The molecule has 26 heavy (non-hydrogen) atoms. The van der Waals surface area contributed by atoms with Gasteiger partial charge in [0.15, 0.2) is 0 Å². The van der Waals surface area contributed by atoms with E-state index in [2.05, 4.69) is 0 Å². The summed E-state index contributed by atoms with van der Waals surface area (Å²) in [7, 11) is 1.35. The maximum absolute atomic E-state index is 12.2. The van der Waals surface area contributed by atoms with Crippen molar-refractivity contribution in [3.8, 4) is 0 Å². The van der Waals surface area contributed by atoms with E-state index in [1.54, 1.807) is 41.3 Å². The van der Waals surface area contributed by atoms with E-state index in [1.165, 1.54) is 7.11 Å². The van der Waals surface area contributed by atoms with Crippen molar-refractivity contribution in [2.45, 2.75) is 18.9 Å². The van der Waals surface area contributed by atoms with Gasteiger partial charge in [-0.2, -0.15) is 0 Å². The molecule has 0 N–H and O–H groups in total. The summed E-state index contributed by atoms with van der Waals surface area (Å²) in [6.07, 6.45) is 1.53. The second-order valence-corrected chi connectivity index (χ2v) is 6.03. The first-order chi connectivity index (χ1) is 12.5. The van der Waals surface area contributed by atoms with Crippen LogP contribution < -0.4 is 0 Å². The lowest BCUT2D eigenvalue weighted by Crippen LogP contribution is -2.41. The number of halogens is 1. The second kappa shape index (κ2) is 9.73. The van der Waals surface area contributed by atoms with E-state index in [1.807, 2.05) is 24.3 Å². The molecule has 0 radical (unpaired) electrons. The van der Waals surface area contributed by atoms with Crippen molar-refractivity contribution in [2.75, 3.05) is 13.7 Å². The van der Waals surface area contributed by atoms with E-state index in [0.717, 1.165) is 6.42 Å². The number of amides is 1. The van der Waals surface area contributed by atoms with Crippen LogP contribution in [0, 0.1) is 0 Å². The SMILES string of the molecule is COC(=O)C1CCCN1C(=O)c1ccccc1.O=C(Cl)c1ccccc1. The fourth-order valence-corrected chi connectivity index (χ4v) is 2.83. The Morgan fingerprint density at radius 3 is 1.96 bits per heavy atom. The number of hydrogen-bond acceptors (Lipinski definition) is 4. The van der Waals surface area contributed by atoms with Crippen molar-refractivity contribution in [1.82, 2.24) is 4.90 Å². The Morgan fingerprint density at radius 1 is 0.962 bits per heavy atom. The molecular formula is C20H20ClNO4. The average Bonchev–Trinajstić information content (AvgIpc) is 3.18. The van der Waals surface area contributed by atoms with Crippen molar-refractivity contribution in [3.63, 3.8) is 0 Å². The molecule has 1 heterocycles. The van der Waals surface area contributed by atoms with E-state index in [9.17, 15) is 14.4 Å². The Labute approximate surface area is 157 Å². The Kier molecular flexibility index (Phi) is 7.36. The number of likely N-dealkylation sites (tertiary alicyclic amines) is 1. The Hall–Kier alpha value is -2.66. The van der Waals surface area contributed by atoms with Gasteiger partial charge in [-0.15, -0.1) is 0 Å². The minimum atomic E-state index is -0.423. The molecule has 0 bridgehead atoms. The maximum atomic E-state index is 12.2. The normalized spacial score (nSPS) is 15.6. The number of ether oxygens (including phenoxy) is 1. The molecule has 0 saturated carbocycles. The monoisotopic (exact) mass is 373 g/mol. The predicted molar refractivity (Wildman–Crippen MR) is 99.1 cm³/mol. The molecule has 0 spiro atoms. The Balaban J connectivity index is 0.000000228. The number of benzene rings is 2. The van der Waals surface area contributed by atoms with Gasteiger partial charge in [0.25, 0.3) is 11.1 Å². The van der Waals surface area contributed by atoms with Crippen LogP contribution in [0.1, 0.15) is 33.6 Å². The zero-order valence-electron chi connectivity index (χ0n) is 14.4. The summed E-state index contributed by atoms with van der Waals surface area (Å²) in [5.74, 6) is -0.426. The minimum Gasteiger partial charge on any atom is -0.467 e. The molecule has 6 heteroatoms. The summed E-state index contributed by atoms with van der Waals surface area (Å²) in [5, 5.41) is -0.407. The van der Waals surface area contributed by atoms with Crippen LogP contribution in [-0.2, 0) is 9.53 Å². The van der Waals surface area contributed by atoms with E-state index in [-0.39, 0.29) is 11.9 Å². The first-order valence-corrected chi connectivity index (χ1v) is 8.61. The van der Waals surface area contributed by atoms with Crippen LogP contribution >= 0.6 is 11.6 Å². The topological polar surface area (TPSA) is 63.7 Å². The van der Waals surface area contributed by atoms with Gasteiger partial charge in [0, 0.05) is 17.7 Å². The molecule has 1 aliphatic heterocycles. The highest BCUT2D eigenvalue weighted by molar-refractivity contribution is 6.67. The molecule has 2 aromatic rings. The Bertz CT molecular complexity index is 749. The third-order valence-electron chi connectivity index (χ3n) is 4.01. The number of nitrogens with zero attached hydrogens (tertiary/aromatic N) is 1. The number of methoxy groups -OCH3 is 1. The number of carbonyl (C=O) groups is 3. The van der Waals surface area contributed by atoms with Crippen LogP contribution in [-0.4, -0.2) is 41.7 Å². The molecule has 136 valence electrons. The largest absolute Gasteiger partial charge is 0.467 e. The minimum absolute atomic E-state index is 0.0986. The third-order valence-corrected chi connectivity index (χ3v) is 4.23. The summed E-state index contributed by atoms with van der Waals surface area (Å²) in [6.45, 7) is 0.619. The van der Waals surface area contributed by atoms with Crippen LogP contribution in [0.5, 0.6) is 0 Å². The first-order valence-electron chi connectivity index (χ1n) is 8.23. The van der Waals surface area contributed by atoms with Crippen molar-refractivity contribution >= 4 is 28.7 Å². The molecule has 1 fully saturated rings. The van der Waals surface area contributed by atoms with Gasteiger partial charge in [-0.05, 0) is 36.6 Å². The summed E-state index contributed by atoms with van der Waals surface area (Å²) < 4.78 is 4.72.